The van der Waals surface area contributed by atoms with Crippen LogP contribution in [0.2, 0.25) is 0 Å². The van der Waals surface area contributed by atoms with Gasteiger partial charge in [-0.25, -0.2) is 9.59 Å². The van der Waals surface area contributed by atoms with E-state index in [4.69, 9.17) is 4.74 Å². The van der Waals surface area contributed by atoms with Crippen molar-refractivity contribution in [3.05, 3.63) is 33.4 Å². The molecule has 6 heteroatoms. The van der Waals surface area contributed by atoms with Gasteiger partial charge in [0.1, 0.15) is 11.6 Å². The lowest BCUT2D eigenvalue weighted by Crippen LogP contribution is -2.45. The molecule has 1 aromatic carbocycles. The smallest absolute Gasteiger partial charge is 0.411 e. The Morgan fingerprint density at radius 2 is 2.05 bits per heavy atom. The number of benzene rings is 1. The van der Waals surface area contributed by atoms with Gasteiger partial charge in [0.2, 0.25) is 0 Å². The Labute approximate surface area is 143 Å². The first-order valence-corrected chi connectivity index (χ1v) is 8.25. The Balaban J connectivity index is 2.25. The van der Waals surface area contributed by atoms with Crippen LogP contribution in [0.4, 0.5) is 4.79 Å². The van der Waals surface area contributed by atoms with Gasteiger partial charge in [-0.3, -0.25) is 4.90 Å². The van der Waals surface area contributed by atoms with Crippen molar-refractivity contribution in [3.8, 4) is 0 Å². The molecule has 1 saturated heterocycles. The molecular formula is C16H20INO4. The zero-order chi connectivity index (χ0) is 16.5. The molecule has 120 valence electrons. The van der Waals surface area contributed by atoms with Crippen molar-refractivity contribution in [1.29, 1.82) is 0 Å². The van der Waals surface area contributed by atoms with Crippen molar-refractivity contribution >= 4 is 34.7 Å². The number of carbonyl (C=O) groups excluding carboxylic acids is 1. The maximum atomic E-state index is 12.3. The van der Waals surface area contributed by atoms with Crippen LogP contribution in [-0.4, -0.2) is 40.3 Å². The molecule has 1 fully saturated rings. The van der Waals surface area contributed by atoms with Crippen LogP contribution in [0, 0.1) is 3.57 Å². The molecule has 0 bridgehead atoms. The summed E-state index contributed by atoms with van der Waals surface area (Å²) in [6, 6.07) is 6.88. The SMILES string of the molecule is CC(C)(C)OC(=O)N1CCC(c2cccc(I)c2)C1C(=O)O. The van der Waals surface area contributed by atoms with Gasteiger partial charge < -0.3 is 9.84 Å². The van der Waals surface area contributed by atoms with E-state index in [9.17, 15) is 14.7 Å². The number of amides is 1. The first-order chi connectivity index (χ1) is 10.2. The van der Waals surface area contributed by atoms with Crippen molar-refractivity contribution in [1.82, 2.24) is 4.90 Å². The highest BCUT2D eigenvalue weighted by atomic mass is 127. The van der Waals surface area contributed by atoms with E-state index >= 15 is 0 Å². The first kappa shape index (κ1) is 17.1. The van der Waals surface area contributed by atoms with E-state index in [0.717, 1.165) is 9.13 Å². The van der Waals surface area contributed by atoms with Crippen LogP contribution in [0.1, 0.15) is 38.7 Å². The fourth-order valence-corrected chi connectivity index (χ4v) is 3.28. The van der Waals surface area contributed by atoms with Crippen molar-refractivity contribution in [3.63, 3.8) is 0 Å². The summed E-state index contributed by atoms with van der Waals surface area (Å²) in [6.07, 6.45) is 0.0593. The molecule has 0 saturated carbocycles. The van der Waals surface area contributed by atoms with Gasteiger partial charge in [-0.05, 0) is 67.5 Å². The number of nitrogens with zero attached hydrogens (tertiary/aromatic N) is 1. The van der Waals surface area contributed by atoms with Gasteiger partial charge in [0.05, 0.1) is 0 Å². The molecule has 1 N–H and O–H groups in total. The molecule has 1 heterocycles. The zero-order valence-electron chi connectivity index (χ0n) is 12.9. The Morgan fingerprint density at radius 1 is 1.36 bits per heavy atom. The predicted molar refractivity (Wildman–Crippen MR) is 90.9 cm³/mol. The minimum atomic E-state index is -0.993. The molecule has 2 rings (SSSR count). The molecule has 1 aliphatic heterocycles. The molecule has 2 unspecified atom stereocenters. The maximum Gasteiger partial charge on any atom is 0.411 e. The summed E-state index contributed by atoms with van der Waals surface area (Å²) >= 11 is 2.20. The molecule has 0 aliphatic carbocycles. The number of ether oxygens (including phenoxy) is 1. The molecule has 1 amide bonds. The van der Waals surface area contributed by atoms with Gasteiger partial charge in [0, 0.05) is 16.0 Å². The van der Waals surface area contributed by atoms with Gasteiger partial charge in [-0.2, -0.15) is 0 Å². The third-order valence-corrected chi connectivity index (χ3v) is 4.23. The Bertz CT molecular complexity index is 582. The van der Waals surface area contributed by atoms with Crippen molar-refractivity contribution in [2.24, 2.45) is 0 Å². The van der Waals surface area contributed by atoms with E-state index in [0.29, 0.717) is 13.0 Å². The molecule has 1 aromatic rings. The third-order valence-electron chi connectivity index (χ3n) is 3.56. The van der Waals surface area contributed by atoms with Crippen LogP contribution in [0.3, 0.4) is 0 Å². The molecule has 0 aromatic heterocycles. The van der Waals surface area contributed by atoms with Gasteiger partial charge in [-0.1, -0.05) is 12.1 Å². The third kappa shape index (κ3) is 3.91. The number of halogens is 1. The summed E-state index contributed by atoms with van der Waals surface area (Å²) in [5.41, 5.74) is 0.311. The summed E-state index contributed by atoms with van der Waals surface area (Å²) < 4.78 is 6.38. The highest BCUT2D eigenvalue weighted by Crippen LogP contribution is 2.35. The minimum absolute atomic E-state index is 0.209. The summed E-state index contributed by atoms with van der Waals surface area (Å²) in [5, 5.41) is 9.58. The highest BCUT2D eigenvalue weighted by molar-refractivity contribution is 14.1. The average Bonchev–Trinajstić information content (AvgIpc) is 2.81. The molecule has 22 heavy (non-hydrogen) atoms. The molecule has 1 aliphatic rings. The topological polar surface area (TPSA) is 66.8 Å². The van der Waals surface area contributed by atoms with Crippen LogP contribution in [0.25, 0.3) is 0 Å². The van der Waals surface area contributed by atoms with Gasteiger partial charge >= 0.3 is 12.1 Å². The number of likely N-dealkylation sites (tertiary alicyclic amines) is 1. The fraction of sp³-hybridized carbons (Fsp3) is 0.500. The minimum Gasteiger partial charge on any atom is -0.480 e. The van der Waals surface area contributed by atoms with Crippen molar-refractivity contribution in [2.75, 3.05) is 6.54 Å². The van der Waals surface area contributed by atoms with Crippen molar-refractivity contribution in [2.45, 2.75) is 44.8 Å². The van der Waals surface area contributed by atoms with E-state index in [1.165, 1.54) is 4.90 Å². The fourth-order valence-electron chi connectivity index (χ4n) is 2.71. The normalized spacial score (nSPS) is 21.7. The number of aliphatic carboxylic acids is 1. The Hall–Kier alpha value is -1.31. The van der Waals surface area contributed by atoms with E-state index in [1.54, 1.807) is 20.8 Å². The average molecular weight is 417 g/mol. The van der Waals surface area contributed by atoms with Crippen LogP contribution >= 0.6 is 22.6 Å². The van der Waals surface area contributed by atoms with E-state index < -0.39 is 23.7 Å². The van der Waals surface area contributed by atoms with Gasteiger partial charge in [0.15, 0.2) is 0 Å². The molecule has 2 atom stereocenters. The van der Waals surface area contributed by atoms with Gasteiger partial charge in [0.25, 0.3) is 0 Å². The Morgan fingerprint density at radius 3 is 2.59 bits per heavy atom. The van der Waals surface area contributed by atoms with Crippen molar-refractivity contribution < 1.29 is 19.4 Å². The lowest BCUT2D eigenvalue weighted by Gasteiger charge is -2.28. The second-order valence-corrected chi connectivity index (χ2v) is 7.65. The molecule has 5 nitrogen and oxygen atoms in total. The number of rotatable bonds is 2. The molecular weight excluding hydrogens is 397 g/mol. The summed E-state index contributed by atoms with van der Waals surface area (Å²) in [6.45, 7) is 5.71. The summed E-state index contributed by atoms with van der Waals surface area (Å²) in [4.78, 5) is 25.3. The van der Waals surface area contributed by atoms with E-state index in [2.05, 4.69) is 22.6 Å². The zero-order valence-corrected chi connectivity index (χ0v) is 15.0. The number of carboxylic acid groups (broad SMARTS) is 1. The lowest BCUT2D eigenvalue weighted by atomic mass is 9.92. The first-order valence-electron chi connectivity index (χ1n) is 7.17. The number of carboxylic acids is 1. The largest absolute Gasteiger partial charge is 0.480 e. The lowest BCUT2D eigenvalue weighted by molar-refractivity contribution is -0.142. The highest BCUT2D eigenvalue weighted by Gasteiger charge is 2.44. The quantitative estimate of drug-likeness (QED) is 0.749. The Kier molecular flexibility index (Phi) is 4.99. The maximum absolute atomic E-state index is 12.3. The predicted octanol–water partition coefficient (Wildman–Crippen LogP) is 3.47. The monoisotopic (exact) mass is 417 g/mol. The molecule has 0 radical (unpaired) electrons. The number of hydrogen-bond donors (Lipinski definition) is 1. The second-order valence-electron chi connectivity index (χ2n) is 6.41. The standard InChI is InChI=1S/C16H20INO4/c1-16(2,3)22-15(21)18-8-7-12(13(18)14(19)20)10-5-4-6-11(17)9-10/h4-6,9,12-13H,7-8H2,1-3H3,(H,19,20). The number of hydrogen-bond acceptors (Lipinski definition) is 3. The number of carbonyl (C=O) groups is 2. The van der Waals surface area contributed by atoms with Gasteiger partial charge in [-0.15, -0.1) is 0 Å². The van der Waals surface area contributed by atoms with Crippen LogP contribution in [0.5, 0.6) is 0 Å². The van der Waals surface area contributed by atoms with Crippen LogP contribution < -0.4 is 0 Å². The van der Waals surface area contributed by atoms with Crippen LogP contribution in [-0.2, 0) is 9.53 Å². The summed E-state index contributed by atoms with van der Waals surface area (Å²) in [7, 11) is 0. The van der Waals surface area contributed by atoms with E-state index in [1.807, 2.05) is 24.3 Å². The summed E-state index contributed by atoms with van der Waals surface area (Å²) in [5.74, 6) is -1.20. The van der Waals surface area contributed by atoms with Crippen LogP contribution in [0.15, 0.2) is 24.3 Å². The molecule has 0 spiro atoms. The van der Waals surface area contributed by atoms with E-state index in [-0.39, 0.29) is 5.92 Å². The second kappa shape index (κ2) is 6.44.